The van der Waals surface area contributed by atoms with Gasteiger partial charge >= 0.3 is 0 Å². The minimum atomic E-state index is 0.966. The van der Waals surface area contributed by atoms with Crippen LogP contribution in [0.25, 0.3) is 50.5 Å². The average molecular weight is 610 g/mol. The molecule has 0 unspecified atom stereocenters. The van der Waals surface area contributed by atoms with Crippen LogP contribution in [0.5, 0.6) is 0 Å². The van der Waals surface area contributed by atoms with E-state index in [0.29, 0.717) is 0 Å². The maximum Gasteiger partial charge on any atom is 0.0947 e. The van der Waals surface area contributed by atoms with Crippen LogP contribution in [0.4, 0.5) is 5.69 Å². The van der Waals surface area contributed by atoms with E-state index < -0.39 is 0 Å². The summed E-state index contributed by atoms with van der Waals surface area (Å²) in [4.78, 5) is 1.89. The van der Waals surface area contributed by atoms with Gasteiger partial charge < -0.3 is 0 Å². The van der Waals surface area contributed by atoms with Crippen LogP contribution in [0.1, 0.15) is 37.1 Å². The van der Waals surface area contributed by atoms with Crippen molar-refractivity contribution in [3.8, 4) is 39.3 Å². The summed E-state index contributed by atoms with van der Waals surface area (Å²) in [5.41, 5.74) is 16.5. The lowest BCUT2D eigenvalue weighted by Gasteiger charge is -2.12. The quantitative estimate of drug-likeness (QED) is 0.187. The minimum absolute atomic E-state index is 0.966. The standard InChI is InChI=1S/C42H35N5/c1-5-13-33(14-6-1)39-29-41(35-17-9-3-10-18-35)46(44-39)38-27-23-32(24-28-38)31-21-25-37(26-22-31)43-47-42(36-19-11-4-12-20-36)30-40(45-47)34-15-7-2-8-16-34/h3-5,7,9-30,43H,1-2,6,8H2. The van der Waals surface area contributed by atoms with Gasteiger partial charge in [-0.1, -0.05) is 121 Å². The molecule has 2 aromatic heterocycles. The first-order chi connectivity index (χ1) is 23.3. The highest BCUT2D eigenvalue weighted by atomic mass is 15.6. The Morgan fingerprint density at radius 2 is 1.02 bits per heavy atom. The fourth-order valence-corrected chi connectivity index (χ4v) is 6.22. The van der Waals surface area contributed by atoms with Crippen molar-refractivity contribution in [3.05, 3.63) is 169 Å². The van der Waals surface area contributed by atoms with E-state index in [-0.39, 0.29) is 0 Å². The Morgan fingerprint density at radius 3 is 1.60 bits per heavy atom. The van der Waals surface area contributed by atoms with Crippen molar-refractivity contribution in [2.75, 3.05) is 5.43 Å². The van der Waals surface area contributed by atoms with Gasteiger partial charge in [0.05, 0.1) is 34.2 Å². The number of hydrogen-bond donors (Lipinski definition) is 1. The number of hydrogen-bond acceptors (Lipinski definition) is 3. The van der Waals surface area contributed by atoms with Crippen LogP contribution in [0.3, 0.4) is 0 Å². The molecule has 0 bridgehead atoms. The molecule has 0 saturated carbocycles. The highest BCUT2D eigenvalue weighted by molar-refractivity contribution is 5.78. The van der Waals surface area contributed by atoms with Crippen LogP contribution >= 0.6 is 0 Å². The van der Waals surface area contributed by atoms with Gasteiger partial charge in [-0.3, -0.25) is 5.43 Å². The summed E-state index contributed by atoms with van der Waals surface area (Å²) in [6.07, 6.45) is 17.6. The monoisotopic (exact) mass is 609 g/mol. The number of benzene rings is 4. The van der Waals surface area contributed by atoms with E-state index in [1.54, 1.807) is 0 Å². The third kappa shape index (κ3) is 6.03. The first kappa shape index (κ1) is 28.5. The zero-order chi connectivity index (χ0) is 31.4. The number of nitrogens with one attached hydrogen (secondary N) is 1. The molecule has 2 heterocycles. The fourth-order valence-electron chi connectivity index (χ4n) is 6.22. The SMILES string of the molecule is C1=CC(c2cc(-c3ccccc3)n(Nc3ccc(-c4ccc(-n5nc(C6=CCCC=C6)cc5-c5ccccc5)cc4)cc3)n2)=CCC1. The van der Waals surface area contributed by atoms with Gasteiger partial charge in [0.15, 0.2) is 0 Å². The van der Waals surface area contributed by atoms with Crippen LogP contribution in [0.2, 0.25) is 0 Å². The topological polar surface area (TPSA) is 47.7 Å². The molecule has 8 rings (SSSR count). The Kier molecular flexibility index (Phi) is 7.78. The zero-order valence-corrected chi connectivity index (χ0v) is 26.1. The summed E-state index contributed by atoms with van der Waals surface area (Å²) < 4.78 is 2.06. The van der Waals surface area contributed by atoms with Gasteiger partial charge in [-0.05, 0) is 84.4 Å². The van der Waals surface area contributed by atoms with Crippen LogP contribution in [0, 0.1) is 0 Å². The molecule has 0 spiro atoms. The molecule has 0 saturated heterocycles. The van der Waals surface area contributed by atoms with Gasteiger partial charge in [0.25, 0.3) is 0 Å². The van der Waals surface area contributed by atoms with E-state index in [9.17, 15) is 0 Å². The summed E-state index contributed by atoms with van der Waals surface area (Å²) in [6, 6.07) is 42.4. The Hall–Kier alpha value is -5.94. The van der Waals surface area contributed by atoms with Crippen LogP contribution in [-0.2, 0) is 0 Å². The van der Waals surface area contributed by atoms with Gasteiger partial charge in [-0.2, -0.15) is 15.0 Å². The summed E-state index contributed by atoms with van der Waals surface area (Å²) in [6.45, 7) is 0. The van der Waals surface area contributed by atoms with E-state index in [4.69, 9.17) is 10.2 Å². The molecule has 0 atom stereocenters. The summed E-state index contributed by atoms with van der Waals surface area (Å²) in [7, 11) is 0. The largest absolute Gasteiger partial charge is 0.278 e. The number of anilines is 1. The molecule has 228 valence electrons. The maximum absolute atomic E-state index is 5.07. The van der Waals surface area contributed by atoms with Crippen molar-refractivity contribution in [1.82, 2.24) is 19.7 Å². The number of rotatable bonds is 8. The molecule has 5 nitrogen and oxygen atoms in total. The van der Waals surface area contributed by atoms with Crippen molar-refractivity contribution < 1.29 is 0 Å². The predicted octanol–water partition coefficient (Wildman–Crippen LogP) is 10.4. The number of allylic oxidation sites excluding steroid dienone is 8. The third-order valence-corrected chi connectivity index (χ3v) is 8.70. The second kappa shape index (κ2) is 12.8. The second-order valence-electron chi connectivity index (χ2n) is 11.9. The van der Waals surface area contributed by atoms with Crippen molar-refractivity contribution in [3.63, 3.8) is 0 Å². The van der Waals surface area contributed by atoms with Crippen molar-refractivity contribution in [2.45, 2.75) is 25.7 Å². The Morgan fingerprint density at radius 1 is 0.489 bits per heavy atom. The highest BCUT2D eigenvalue weighted by Crippen LogP contribution is 2.31. The lowest BCUT2D eigenvalue weighted by Crippen LogP contribution is -2.12. The van der Waals surface area contributed by atoms with E-state index in [2.05, 4.69) is 162 Å². The Balaban J connectivity index is 1.06. The average Bonchev–Trinajstić information content (AvgIpc) is 3.79. The van der Waals surface area contributed by atoms with Crippen LogP contribution in [-0.4, -0.2) is 19.7 Å². The molecule has 0 fully saturated rings. The molecular weight excluding hydrogens is 574 g/mol. The molecule has 5 heteroatoms. The molecule has 0 amide bonds. The van der Waals surface area contributed by atoms with Crippen LogP contribution in [0.15, 0.2) is 158 Å². The normalized spacial score (nSPS) is 14.1. The van der Waals surface area contributed by atoms with E-state index >= 15 is 0 Å². The summed E-state index contributed by atoms with van der Waals surface area (Å²) in [5.74, 6) is 0. The van der Waals surface area contributed by atoms with Gasteiger partial charge in [0.2, 0.25) is 0 Å². The summed E-state index contributed by atoms with van der Waals surface area (Å²) in [5, 5.41) is 10.0. The van der Waals surface area contributed by atoms with Crippen molar-refractivity contribution >= 4 is 16.8 Å². The summed E-state index contributed by atoms with van der Waals surface area (Å²) >= 11 is 0. The fraction of sp³-hybridized carbons (Fsp3) is 0.0952. The van der Waals surface area contributed by atoms with E-state index in [0.717, 1.165) is 87.7 Å². The highest BCUT2D eigenvalue weighted by Gasteiger charge is 2.16. The molecule has 0 aliphatic heterocycles. The Bertz CT molecular complexity index is 2120. The number of nitrogens with zero attached hydrogens (tertiary/aromatic N) is 4. The van der Waals surface area contributed by atoms with E-state index in [1.807, 2.05) is 10.9 Å². The van der Waals surface area contributed by atoms with Crippen molar-refractivity contribution in [2.24, 2.45) is 0 Å². The second-order valence-corrected chi connectivity index (χ2v) is 11.9. The molecule has 4 aromatic carbocycles. The molecule has 47 heavy (non-hydrogen) atoms. The van der Waals surface area contributed by atoms with Gasteiger partial charge in [0.1, 0.15) is 0 Å². The first-order valence-corrected chi connectivity index (χ1v) is 16.3. The van der Waals surface area contributed by atoms with Gasteiger partial charge in [0, 0.05) is 11.1 Å². The first-order valence-electron chi connectivity index (χ1n) is 16.3. The third-order valence-electron chi connectivity index (χ3n) is 8.70. The van der Waals surface area contributed by atoms with E-state index in [1.165, 1.54) is 5.57 Å². The molecule has 2 aliphatic rings. The van der Waals surface area contributed by atoms with Crippen LogP contribution < -0.4 is 5.43 Å². The van der Waals surface area contributed by atoms with Gasteiger partial charge in [-0.25, -0.2) is 4.68 Å². The molecule has 1 N–H and O–H groups in total. The predicted molar refractivity (Wildman–Crippen MR) is 194 cm³/mol. The smallest absolute Gasteiger partial charge is 0.0947 e. The van der Waals surface area contributed by atoms with Crippen molar-refractivity contribution in [1.29, 1.82) is 0 Å². The molecular formula is C42H35N5. The lowest BCUT2D eigenvalue weighted by molar-refractivity contribution is 0.806. The number of aromatic nitrogens is 4. The zero-order valence-electron chi connectivity index (χ0n) is 26.1. The molecule has 6 aromatic rings. The molecule has 0 radical (unpaired) electrons. The molecule has 2 aliphatic carbocycles. The van der Waals surface area contributed by atoms with Gasteiger partial charge in [-0.15, -0.1) is 0 Å². The minimum Gasteiger partial charge on any atom is -0.278 e. The Labute approximate surface area is 275 Å². The maximum atomic E-state index is 5.07. The lowest BCUT2D eigenvalue weighted by atomic mass is 10.0.